The maximum atomic E-state index is 11.5. The first kappa shape index (κ1) is 17.4. The van der Waals surface area contributed by atoms with Crippen LogP contribution in [0.1, 0.15) is 32.6 Å². The van der Waals surface area contributed by atoms with E-state index < -0.39 is 17.4 Å². The number of nitro benzene ring substituents is 1. The van der Waals surface area contributed by atoms with E-state index in [1.54, 1.807) is 6.07 Å². The lowest BCUT2D eigenvalue weighted by molar-refractivity contribution is -0.385. The standard InChI is InChI=1S/C14H19N3O5/c1-2-3-4-9-13(18)15-16-14(19)10-22-12-8-6-5-7-11(12)17(20)21/h5-8H,2-4,9-10H2,1H3,(H,15,18)(H,16,19). The SMILES string of the molecule is CCCCCC(=O)NNC(=O)COc1ccccc1[N+](=O)[O-]. The summed E-state index contributed by atoms with van der Waals surface area (Å²) in [5.74, 6) is -0.883. The van der Waals surface area contributed by atoms with E-state index in [1.165, 1.54) is 18.2 Å². The number of hydrogen-bond acceptors (Lipinski definition) is 5. The Morgan fingerprint density at radius 2 is 1.86 bits per heavy atom. The summed E-state index contributed by atoms with van der Waals surface area (Å²) in [5, 5.41) is 10.8. The van der Waals surface area contributed by atoms with Crippen molar-refractivity contribution >= 4 is 17.5 Å². The predicted molar refractivity (Wildman–Crippen MR) is 79.0 cm³/mol. The van der Waals surface area contributed by atoms with E-state index in [9.17, 15) is 19.7 Å². The molecule has 8 nitrogen and oxygen atoms in total. The number of hydrogen-bond donors (Lipinski definition) is 2. The van der Waals surface area contributed by atoms with Gasteiger partial charge in [0, 0.05) is 12.5 Å². The number of nitro groups is 1. The fourth-order valence-corrected chi connectivity index (χ4v) is 1.65. The molecule has 0 saturated carbocycles. The highest BCUT2D eigenvalue weighted by molar-refractivity contribution is 5.82. The van der Waals surface area contributed by atoms with E-state index in [4.69, 9.17) is 4.74 Å². The number of nitrogens with one attached hydrogen (secondary N) is 2. The van der Waals surface area contributed by atoms with Crippen molar-refractivity contribution < 1.29 is 19.2 Å². The van der Waals surface area contributed by atoms with Gasteiger partial charge in [0.05, 0.1) is 4.92 Å². The van der Waals surface area contributed by atoms with Gasteiger partial charge < -0.3 is 4.74 Å². The normalized spacial score (nSPS) is 9.86. The summed E-state index contributed by atoms with van der Waals surface area (Å²) in [6, 6.07) is 5.74. The minimum atomic E-state index is -0.595. The van der Waals surface area contributed by atoms with E-state index in [2.05, 4.69) is 10.9 Å². The van der Waals surface area contributed by atoms with Gasteiger partial charge in [0.2, 0.25) is 5.91 Å². The molecule has 0 heterocycles. The summed E-state index contributed by atoms with van der Waals surface area (Å²) in [6.07, 6.45) is 3.04. The first-order valence-electron chi connectivity index (χ1n) is 6.98. The van der Waals surface area contributed by atoms with Crippen LogP contribution >= 0.6 is 0 Å². The zero-order valence-electron chi connectivity index (χ0n) is 12.3. The first-order valence-corrected chi connectivity index (χ1v) is 6.98. The van der Waals surface area contributed by atoms with Crippen LogP contribution in [-0.4, -0.2) is 23.3 Å². The van der Waals surface area contributed by atoms with Gasteiger partial charge >= 0.3 is 5.69 Å². The maximum absolute atomic E-state index is 11.5. The van der Waals surface area contributed by atoms with E-state index in [0.29, 0.717) is 6.42 Å². The highest BCUT2D eigenvalue weighted by Crippen LogP contribution is 2.25. The third-order valence-corrected chi connectivity index (χ3v) is 2.77. The van der Waals surface area contributed by atoms with Crippen LogP contribution in [0.15, 0.2) is 24.3 Å². The molecular formula is C14H19N3O5. The Kier molecular flexibility index (Phi) is 7.38. The van der Waals surface area contributed by atoms with E-state index in [0.717, 1.165) is 19.3 Å². The summed E-state index contributed by atoms with van der Waals surface area (Å²) in [6.45, 7) is 1.60. The van der Waals surface area contributed by atoms with Crippen LogP contribution < -0.4 is 15.6 Å². The average Bonchev–Trinajstić information content (AvgIpc) is 2.51. The smallest absolute Gasteiger partial charge is 0.310 e. The monoisotopic (exact) mass is 309 g/mol. The first-order chi connectivity index (χ1) is 10.5. The third-order valence-electron chi connectivity index (χ3n) is 2.77. The molecule has 1 aromatic carbocycles. The van der Waals surface area contributed by atoms with Gasteiger partial charge in [-0.15, -0.1) is 0 Å². The minimum Gasteiger partial charge on any atom is -0.477 e. The molecule has 0 radical (unpaired) electrons. The molecule has 0 atom stereocenters. The zero-order valence-corrected chi connectivity index (χ0v) is 12.3. The van der Waals surface area contributed by atoms with Crippen molar-refractivity contribution in [3.05, 3.63) is 34.4 Å². The van der Waals surface area contributed by atoms with Crippen LogP contribution in [0.5, 0.6) is 5.75 Å². The molecule has 2 N–H and O–H groups in total. The highest BCUT2D eigenvalue weighted by atomic mass is 16.6. The second-order valence-corrected chi connectivity index (χ2v) is 4.57. The number of para-hydroxylation sites is 2. The molecule has 0 fully saturated rings. The number of unbranched alkanes of at least 4 members (excludes halogenated alkanes) is 2. The van der Waals surface area contributed by atoms with Gasteiger partial charge in [-0.3, -0.25) is 30.6 Å². The molecule has 0 unspecified atom stereocenters. The van der Waals surface area contributed by atoms with Gasteiger partial charge in [-0.1, -0.05) is 31.9 Å². The largest absolute Gasteiger partial charge is 0.477 e. The van der Waals surface area contributed by atoms with Gasteiger partial charge in [0.25, 0.3) is 5.91 Å². The molecule has 0 aliphatic heterocycles. The van der Waals surface area contributed by atoms with Crippen molar-refractivity contribution in [1.82, 2.24) is 10.9 Å². The predicted octanol–water partition coefficient (Wildman–Crippen LogP) is 1.70. The van der Waals surface area contributed by atoms with Crippen LogP contribution in [0.3, 0.4) is 0 Å². The maximum Gasteiger partial charge on any atom is 0.310 e. The number of benzene rings is 1. The lowest BCUT2D eigenvalue weighted by Crippen LogP contribution is -2.43. The van der Waals surface area contributed by atoms with Crippen molar-refractivity contribution in [2.75, 3.05) is 6.61 Å². The number of amides is 2. The van der Waals surface area contributed by atoms with Crippen LogP contribution in [-0.2, 0) is 9.59 Å². The van der Waals surface area contributed by atoms with Crippen molar-refractivity contribution in [3.8, 4) is 5.75 Å². The number of carbonyl (C=O) groups excluding carboxylic acids is 2. The Balaban J connectivity index is 2.35. The van der Waals surface area contributed by atoms with Crippen molar-refractivity contribution in [1.29, 1.82) is 0 Å². The molecule has 1 aromatic rings. The molecule has 0 aromatic heterocycles. The molecular weight excluding hydrogens is 290 g/mol. The summed E-state index contributed by atoms with van der Waals surface area (Å²) >= 11 is 0. The lowest BCUT2D eigenvalue weighted by atomic mass is 10.2. The number of nitrogens with zero attached hydrogens (tertiary/aromatic N) is 1. The molecule has 0 aliphatic carbocycles. The quantitative estimate of drug-likeness (QED) is 0.431. The van der Waals surface area contributed by atoms with Crippen LogP contribution in [0, 0.1) is 10.1 Å². The van der Waals surface area contributed by atoms with E-state index in [1.807, 2.05) is 6.92 Å². The number of hydrazine groups is 1. The Bertz CT molecular complexity index is 533. The second kappa shape index (κ2) is 9.32. The number of ether oxygens (including phenoxy) is 1. The van der Waals surface area contributed by atoms with Gasteiger partial charge in [-0.2, -0.15) is 0 Å². The van der Waals surface area contributed by atoms with Gasteiger partial charge in [0.1, 0.15) is 0 Å². The Morgan fingerprint density at radius 3 is 2.55 bits per heavy atom. The van der Waals surface area contributed by atoms with Gasteiger partial charge in [-0.25, -0.2) is 0 Å². The Morgan fingerprint density at radius 1 is 1.18 bits per heavy atom. The van der Waals surface area contributed by atoms with Crippen LogP contribution in [0.25, 0.3) is 0 Å². The van der Waals surface area contributed by atoms with Crippen LogP contribution in [0.4, 0.5) is 5.69 Å². The molecule has 22 heavy (non-hydrogen) atoms. The zero-order chi connectivity index (χ0) is 16.4. The molecule has 120 valence electrons. The second-order valence-electron chi connectivity index (χ2n) is 4.57. The van der Waals surface area contributed by atoms with E-state index >= 15 is 0 Å². The summed E-state index contributed by atoms with van der Waals surface area (Å²) in [7, 11) is 0. The third kappa shape index (κ3) is 6.21. The molecule has 2 amide bonds. The van der Waals surface area contributed by atoms with Gasteiger partial charge in [-0.05, 0) is 12.5 Å². The molecule has 1 rings (SSSR count). The molecule has 0 saturated heterocycles. The van der Waals surface area contributed by atoms with Crippen molar-refractivity contribution in [2.45, 2.75) is 32.6 Å². The Hall–Kier alpha value is -2.64. The number of rotatable bonds is 8. The molecule has 0 aliphatic rings. The van der Waals surface area contributed by atoms with Crippen molar-refractivity contribution in [3.63, 3.8) is 0 Å². The fraction of sp³-hybridized carbons (Fsp3) is 0.429. The summed E-state index contributed by atoms with van der Waals surface area (Å²) in [5.41, 5.74) is 4.23. The Labute approximate surface area is 128 Å². The molecule has 0 bridgehead atoms. The van der Waals surface area contributed by atoms with Crippen LogP contribution in [0.2, 0.25) is 0 Å². The topological polar surface area (TPSA) is 111 Å². The summed E-state index contributed by atoms with van der Waals surface area (Å²) in [4.78, 5) is 33.1. The average molecular weight is 309 g/mol. The van der Waals surface area contributed by atoms with E-state index in [-0.39, 0.29) is 17.3 Å². The minimum absolute atomic E-state index is 0.00285. The summed E-state index contributed by atoms with van der Waals surface area (Å²) < 4.78 is 5.09. The fourth-order valence-electron chi connectivity index (χ4n) is 1.65. The highest BCUT2D eigenvalue weighted by Gasteiger charge is 2.15. The van der Waals surface area contributed by atoms with Crippen molar-refractivity contribution in [2.24, 2.45) is 0 Å². The molecule has 0 spiro atoms. The lowest BCUT2D eigenvalue weighted by Gasteiger charge is -2.08. The van der Waals surface area contributed by atoms with Gasteiger partial charge in [0.15, 0.2) is 12.4 Å². The molecule has 8 heteroatoms. The number of carbonyl (C=O) groups is 2.